The Labute approximate surface area is 326 Å². The smallest absolute Gasteiger partial charge is 0.170 e. The topological polar surface area (TPSA) is 57.1 Å². The van der Waals surface area contributed by atoms with Crippen molar-refractivity contribution in [2.24, 2.45) is 0 Å². The summed E-state index contributed by atoms with van der Waals surface area (Å²) in [5, 5.41) is 0. The van der Waals surface area contributed by atoms with Crippen molar-refractivity contribution in [2.45, 2.75) is 38.5 Å². The maximum Gasteiger partial charge on any atom is 0.170 e. The minimum atomic E-state index is -0.136. The van der Waals surface area contributed by atoms with Gasteiger partial charge in [-0.2, -0.15) is 0 Å². The number of fused-ring (bicyclic) bond motifs is 8. The molecule has 0 saturated carbocycles. The molecule has 0 N–H and O–H groups in total. The fourth-order valence-corrected chi connectivity index (χ4v) is 8.99. The van der Waals surface area contributed by atoms with Gasteiger partial charge in [0.05, 0.1) is 0 Å². The number of hydrogen-bond donors (Lipinski definition) is 0. The van der Waals surface area contributed by atoms with Crippen LogP contribution in [-0.2, 0) is 10.8 Å². The highest BCUT2D eigenvalue weighted by Crippen LogP contribution is 2.55. The molecule has 2 aliphatic carbocycles. The Morgan fingerprint density at radius 3 is 1.54 bits per heavy atom. The number of ether oxygens (including phenoxy) is 2. The molecule has 268 valence electrons. The van der Waals surface area contributed by atoms with E-state index in [9.17, 15) is 0 Å². The van der Waals surface area contributed by atoms with E-state index in [1.807, 2.05) is 36.4 Å². The molecule has 11 rings (SSSR count). The van der Waals surface area contributed by atoms with Gasteiger partial charge in [0.25, 0.3) is 0 Å². The van der Waals surface area contributed by atoms with Crippen LogP contribution in [0.25, 0.3) is 67.5 Å². The Morgan fingerprint density at radius 2 is 0.804 bits per heavy atom. The van der Waals surface area contributed by atoms with E-state index in [4.69, 9.17) is 24.4 Å². The highest BCUT2D eigenvalue weighted by molar-refractivity contribution is 5.85. The molecule has 0 radical (unpaired) electrons. The summed E-state index contributed by atoms with van der Waals surface area (Å²) in [6, 6.07) is 52.9. The lowest BCUT2D eigenvalue weighted by molar-refractivity contribution is 0.359. The highest BCUT2D eigenvalue weighted by atomic mass is 16.6. The third kappa shape index (κ3) is 4.90. The van der Waals surface area contributed by atoms with Gasteiger partial charge >= 0.3 is 0 Å². The van der Waals surface area contributed by atoms with Crippen molar-refractivity contribution in [3.05, 3.63) is 174 Å². The second-order valence-corrected chi connectivity index (χ2v) is 16.1. The molecule has 0 spiro atoms. The molecule has 2 heterocycles. The normalized spacial score (nSPS) is 14.6. The first-order valence-electron chi connectivity index (χ1n) is 19.2. The van der Waals surface area contributed by atoms with Gasteiger partial charge in [0, 0.05) is 27.5 Å². The fraction of sp³-hybridized carbons (Fsp3) is 0.118. The van der Waals surface area contributed by atoms with Crippen molar-refractivity contribution < 1.29 is 9.47 Å². The average Bonchev–Trinajstić information content (AvgIpc) is 3.60. The molecule has 1 aliphatic heterocycles. The first kappa shape index (κ1) is 32.6. The van der Waals surface area contributed by atoms with Gasteiger partial charge in [-0.15, -0.1) is 0 Å². The maximum absolute atomic E-state index is 6.61. The van der Waals surface area contributed by atoms with Crippen LogP contribution in [0.4, 0.5) is 0 Å². The summed E-state index contributed by atoms with van der Waals surface area (Å²) in [6.45, 7) is 9.14. The van der Waals surface area contributed by atoms with E-state index >= 15 is 0 Å². The Morgan fingerprint density at radius 1 is 0.321 bits per heavy atom. The Kier molecular flexibility index (Phi) is 6.88. The number of benzene rings is 7. The molecule has 0 bridgehead atoms. The number of nitrogens with zero attached hydrogens (tertiary/aromatic N) is 3. The largest absolute Gasteiger partial charge is 0.449 e. The van der Waals surface area contributed by atoms with Crippen LogP contribution in [0.15, 0.2) is 152 Å². The minimum Gasteiger partial charge on any atom is -0.449 e. The van der Waals surface area contributed by atoms with Gasteiger partial charge in [-0.1, -0.05) is 143 Å². The summed E-state index contributed by atoms with van der Waals surface area (Å²) in [4.78, 5) is 15.2. The molecule has 0 saturated heterocycles. The predicted octanol–water partition coefficient (Wildman–Crippen LogP) is 13.1. The molecule has 1 aromatic heterocycles. The lowest BCUT2D eigenvalue weighted by Crippen LogP contribution is -2.15. The Bertz CT molecular complexity index is 2930. The molecule has 0 fully saturated rings. The molecule has 5 nitrogen and oxygen atoms in total. The van der Waals surface area contributed by atoms with Crippen molar-refractivity contribution in [1.29, 1.82) is 0 Å². The van der Waals surface area contributed by atoms with Crippen molar-refractivity contribution in [1.82, 2.24) is 15.0 Å². The second kappa shape index (κ2) is 11.8. The predicted molar refractivity (Wildman–Crippen MR) is 223 cm³/mol. The van der Waals surface area contributed by atoms with Gasteiger partial charge in [0.2, 0.25) is 0 Å². The molecular formula is C51H37N3O2. The first-order valence-corrected chi connectivity index (χ1v) is 19.2. The van der Waals surface area contributed by atoms with Gasteiger partial charge in [0.15, 0.2) is 40.5 Å². The number of rotatable bonds is 4. The zero-order valence-electron chi connectivity index (χ0n) is 31.6. The van der Waals surface area contributed by atoms with Crippen LogP contribution in [0, 0.1) is 0 Å². The molecule has 7 aromatic carbocycles. The van der Waals surface area contributed by atoms with Crippen LogP contribution in [0.1, 0.15) is 49.9 Å². The number of hydrogen-bond acceptors (Lipinski definition) is 5. The van der Waals surface area contributed by atoms with Crippen LogP contribution in [0.3, 0.4) is 0 Å². The minimum absolute atomic E-state index is 0.134. The van der Waals surface area contributed by atoms with Crippen LogP contribution >= 0.6 is 0 Å². The van der Waals surface area contributed by atoms with Crippen molar-refractivity contribution in [3.8, 4) is 90.5 Å². The zero-order valence-corrected chi connectivity index (χ0v) is 31.6. The van der Waals surface area contributed by atoms with E-state index < -0.39 is 0 Å². The third-order valence-corrected chi connectivity index (χ3v) is 12.0. The molecule has 8 aromatic rings. The van der Waals surface area contributed by atoms with Crippen molar-refractivity contribution >= 4 is 0 Å². The summed E-state index contributed by atoms with van der Waals surface area (Å²) in [5.74, 6) is 4.73. The summed E-state index contributed by atoms with van der Waals surface area (Å²) < 4.78 is 13.1. The fourth-order valence-electron chi connectivity index (χ4n) is 8.99. The van der Waals surface area contributed by atoms with Gasteiger partial charge in [0.1, 0.15) is 0 Å². The van der Waals surface area contributed by atoms with Crippen LogP contribution < -0.4 is 9.47 Å². The van der Waals surface area contributed by atoms with E-state index in [1.54, 1.807) is 0 Å². The summed E-state index contributed by atoms with van der Waals surface area (Å²) >= 11 is 0. The van der Waals surface area contributed by atoms with Crippen molar-refractivity contribution in [3.63, 3.8) is 0 Å². The summed E-state index contributed by atoms with van der Waals surface area (Å²) in [6.07, 6.45) is 0. The molecule has 0 unspecified atom stereocenters. The van der Waals surface area contributed by atoms with E-state index in [2.05, 4.69) is 143 Å². The summed E-state index contributed by atoms with van der Waals surface area (Å²) in [5.41, 5.74) is 14.7. The molecule has 3 aliphatic rings. The second-order valence-electron chi connectivity index (χ2n) is 16.1. The maximum atomic E-state index is 6.61. The third-order valence-electron chi connectivity index (χ3n) is 12.0. The van der Waals surface area contributed by atoms with Crippen LogP contribution in [-0.4, -0.2) is 15.0 Å². The monoisotopic (exact) mass is 723 g/mol. The Hall–Kier alpha value is -6.85. The molecule has 56 heavy (non-hydrogen) atoms. The number of aromatic nitrogens is 3. The Balaban J connectivity index is 0.962. The van der Waals surface area contributed by atoms with Crippen LogP contribution in [0.2, 0.25) is 0 Å². The van der Waals surface area contributed by atoms with E-state index in [0.717, 1.165) is 39.3 Å². The van der Waals surface area contributed by atoms with Gasteiger partial charge < -0.3 is 9.47 Å². The quantitative estimate of drug-likeness (QED) is 0.181. The van der Waals surface area contributed by atoms with Gasteiger partial charge in [-0.25, -0.2) is 15.0 Å². The van der Waals surface area contributed by atoms with E-state index in [0.29, 0.717) is 29.0 Å². The lowest BCUT2D eigenvalue weighted by atomic mass is 9.82. The first-order chi connectivity index (χ1) is 27.2. The lowest BCUT2D eigenvalue weighted by Gasteiger charge is -2.25. The molecule has 0 atom stereocenters. The van der Waals surface area contributed by atoms with Crippen LogP contribution in [0.5, 0.6) is 23.0 Å². The zero-order chi connectivity index (χ0) is 37.8. The average molecular weight is 724 g/mol. The van der Waals surface area contributed by atoms with Gasteiger partial charge in [-0.3, -0.25) is 0 Å². The highest BCUT2D eigenvalue weighted by Gasteiger charge is 2.38. The van der Waals surface area contributed by atoms with Gasteiger partial charge in [-0.05, 0) is 92.0 Å². The van der Waals surface area contributed by atoms with E-state index in [1.165, 1.54) is 44.5 Å². The molecule has 5 heteroatoms. The van der Waals surface area contributed by atoms with Crippen molar-refractivity contribution in [2.75, 3.05) is 0 Å². The summed E-state index contributed by atoms with van der Waals surface area (Å²) in [7, 11) is 0. The van der Waals surface area contributed by atoms with E-state index in [-0.39, 0.29) is 10.8 Å². The molecule has 0 amide bonds. The SMILES string of the molecule is CC1(C)c2ccccc2-c2ccc(-c3nc(-c4ccccc4)nc(-c4cccc(-c5ccc6c(c5)Oc5cc7c(cc5O6)-c5ccccc5C7(C)C)c4)n3)cc21. The standard InChI is InChI=1S/C51H37N3O2/c1-50(2)39-19-10-8-17-35(39)37-23-21-34(26-41(37)50)49-53-47(30-13-6-5-7-14-30)52-48(54-49)33-16-12-15-31(25-33)32-22-24-43-44(27-32)56-46-29-42-38(28-45(46)55-43)36-18-9-11-20-40(36)51(42,3)4/h5-29H,1-4H3. The molecular weight excluding hydrogens is 687 g/mol.